The van der Waals surface area contributed by atoms with E-state index in [-0.39, 0.29) is 11.5 Å². The lowest BCUT2D eigenvalue weighted by molar-refractivity contribution is 0.119. The van der Waals surface area contributed by atoms with E-state index >= 15 is 0 Å². The van der Waals surface area contributed by atoms with Gasteiger partial charge < -0.3 is 10.5 Å². The van der Waals surface area contributed by atoms with E-state index in [9.17, 15) is 0 Å². The molecule has 0 saturated carbocycles. The Morgan fingerprint density at radius 3 is 2.80 bits per heavy atom. The monoisotopic (exact) mass is 228 g/mol. The van der Waals surface area contributed by atoms with Crippen molar-refractivity contribution in [1.82, 2.24) is 4.98 Å². The molecule has 2 atom stereocenters. The molecule has 1 aromatic heterocycles. The van der Waals surface area contributed by atoms with Gasteiger partial charge >= 0.3 is 0 Å². The van der Waals surface area contributed by atoms with Crippen molar-refractivity contribution < 1.29 is 4.74 Å². The van der Waals surface area contributed by atoms with Gasteiger partial charge in [0.05, 0.1) is 5.69 Å². The molecule has 0 aliphatic heterocycles. The van der Waals surface area contributed by atoms with Gasteiger partial charge in [-0.25, -0.2) is 4.98 Å². The Bertz CT molecular complexity index is 307. The van der Waals surface area contributed by atoms with E-state index in [2.05, 4.69) is 24.2 Å². The largest absolute Gasteiger partial charge is 0.375 e. The summed E-state index contributed by atoms with van der Waals surface area (Å²) in [7, 11) is 1.70. The number of rotatable bonds is 5. The van der Waals surface area contributed by atoms with Crippen molar-refractivity contribution in [2.45, 2.75) is 38.7 Å². The zero-order valence-electron chi connectivity index (χ0n) is 9.91. The lowest BCUT2D eigenvalue weighted by Crippen LogP contribution is -2.31. The van der Waals surface area contributed by atoms with Gasteiger partial charge in [0, 0.05) is 24.4 Å². The molecule has 0 aliphatic carbocycles. The van der Waals surface area contributed by atoms with Crippen molar-refractivity contribution in [3.05, 3.63) is 16.1 Å². The van der Waals surface area contributed by atoms with Gasteiger partial charge in [0.25, 0.3) is 0 Å². The Hall–Kier alpha value is -0.450. The lowest BCUT2D eigenvalue weighted by Gasteiger charge is -2.23. The number of thiazole rings is 1. The molecule has 1 rings (SSSR count). The van der Waals surface area contributed by atoms with E-state index in [0.717, 1.165) is 17.1 Å². The summed E-state index contributed by atoms with van der Waals surface area (Å²) >= 11 is 1.65. The molecule has 0 aliphatic rings. The maximum atomic E-state index is 5.80. The summed E-state index contributed by atoms with van der Waals surface area (Å²) in [6, 6.07) is 0. The number of nitrogens with two attached hydrogens (primary N) is 1. The number of methoxy groups -OCH3 is 1. The summed E-state index contributed by atoms with van der Waals surface area (Å²) in [6.45, 7) is 6.94. The first-order valence-corrected chi connectivity index (χ1v) is 6.14. The highest BCUT2D eigenvalue weighted by atomic mass is 32.1. The van der Waals surface area contributed by atoms with Crippen LogP contribution in [0.1, 0.15) is 44.0 Å². The smallest absolute Gasteiger partial charge is 0.121 e. The van der Waals surface area contributed by atoms with Crippen LogP contribution in [0.5, 0.6) is 0 Å². The Kier molecular flexibility index (Phi) is 4.25. The Balaban J connectivity index is 2.92. The molecule has 0 radical (unpaired) electrons. The molecule has 0 fully saturated rings. The molecule has 2 N–H and O–H groups in total. The lowest BCUT2D eigenvalue weighted by atomic mass is 9.85. The van der Waals surface area contributed by atoms with Crippen LogP contribution in [0.3, 0.4) is 0 Å². The number of ether oxygens (including phenoxy) is 1. The van der Waals surface area contributed by atoms with Crippen molar-refractivity contribution in [3.8, 4) is 0 Å². The van der Waals surface area contributed by atoms with Gasteiger partial charge in [-0.15, -0.1) is 11.3 Å². The van der Waals surface area contributed by atoms with Gasteiger partial charge in [-0.05, 0) is 13.3 Å². The molecular weight excluding hydrogens is 208 g/mol. The molecule has 3 nitrogen and oxygen atoms in total. The van der Waals surface area contributed by atoms with Crippen molar-refractivity contribution in [2.75, 3.05) is 13.7 Å². The van der Waals surface area contributed by atoms with Crippen LogP contribution in [0.2, 0.25) is 0 Å². The topological polar surface area (TPSA) is 48.1 Å². The molecule has 2 unspecified atom stereocenters. The number of hydrogen-bond acceptors (Lipinski definition) is 4. The quantitative estimate of drug-likeness (QED) is 0.842. The van der Waals surface area contributed by atoms with Crippen LogP contribution >= 0.6 is 11.3 Å². The van der Waals surface area contributed by atoms with Gasteiger partial charge in [0.1, 0.15) is 11.1 Å². The minimum Gasteiger partial charge on any atom is -0.375 e. The molecule has 4 heteroatoms. The summed E-state index contributed by atoms with van der Waals surface area (Å²) in [5, 5.41) is 3.13. The summed E-state index contributed by atoms with van der Waals surface area (Å²) < 4.78 is 5.25. The Morgan fingerprint density at radius 2 is 2.33 bits per heavy atom. The second kappa shape index (κ2) is 5.05. The first-order chi connectivity index (χ1) is 7.07. The van der Waals surface area contributed by atoms with Crippen LogP contribution in [-0.2, 0) is 10.2 Å². The van der Waals surface area contributed by atoms with Crippen LogP contribution in [0.25, 0.3) is 0 Å². The number of hydrogen-bond donors (Lipinski definition) is 1. The SMILES string of the molecule is CCC(C)(CN)c1csc(C(C)OC)n1. The molecule has 1 aromatic rings. The first kappa shape index (κ1) is 12.6. The third kappa shape index (κ3) is 2.56. The molecule has 86 valence electrons. The highest BCUT2D eigenvalue weighted by Gasteiger charge is 2.26. The van der Waals surface area contributed by atoms with E-state index in [0.29, 0.717) is 6.54 Å². The van der Waals surface area contributed by atoms with Crippen molar-refractivity contribution in [2.24, 2.45) is 5.73 Å². The Labute approximate surface area is 95.7 Å². The third-order valence-electron chi connectivity index (χ3n) is 3.07. The van der Waals surface area contributed by atoms with Gasteiger partial charge in [0.2, 0.25) is 0 Å². The maximum absolute atomic E-state index is 5.80. The fraction of sp³-hybridized carbons (Fsp3) is 0.727. The van der Waals surface area contributed by atoms with E-state index < -0.39 is 0 Å². The van der Waals surface area contributed by atoms with Crippen molar-refractivity contribution in [3.63, 3.8) is 0 Å². The molecular formula is C11H20N2OS. The van der Waals surface area contributed by atoms with Crippen molar-refractivity contribution in [1.29, 1.82) is 0 Å². The standard InChI is InChI=1S/C11H20N2OS/c1-5-11(3,7-12)9-6-15-10(13-9)8(2)14-4/h6,8H,5,7,12H2,1-4H3. The zero-order valence-corrected chi connectivity index (χ0v) is 10.7. The van der Waals surface area contributed by atoms with Crippen LogP contribution in [-0.4, -0.2) is 18.6 Å². The molecule has 1 heterocycles. The second-order valence-corrected chi connectivity index (χ2v) is 4.96. The number of aromatic nitrogens is 1. The molecule has 0 aromatic carbocycles. The molecule has 0 saturated heterocycles. The summed E-state index contributed by atoms with van der Waals surface area (Å²) in [5.74, 6) is 0. The first-order valence-electron chi connectivity index (χ1n) is 5.26. The van der Waals surface area contributed by atoms with E-state index in [4.69, 9.17) is 10.5 Å². The van der Waals surface area contributed by atoms with Crippen molar-refractivity contribution >= 4 is 11.3 Å². The summed E-state index contributed by atoms with van der Waals surface area (Å²) in [6.07, 6.45) is 1.08. The fourth-order valence-corrected chi connectivity index (χ4v) is 2.29. The van der Waals surface area contributed by atoms with Crippen LogP contribution in [0, 0.1) is 0 Å². The minimum atomic E-state index is 0.00219. The molecule has 15 heavy (non-hydrogen) atoms. The maximum Gasteiger partial charge on any atom is 0.121 e. The molecule has 0 spiro atoms. The molecule has 0 bridgehead atoms. The molecule has 0 amide bonds. The average Bonchev–Trinajstić information content (AvgIpc) is 2.76. The van der Waals surface area contributed by atoms with Gasteiger partial charge in [-0.1, -0.05) is 13.8 Å². The van der Waals surface area contributed by atoms with E-state index in [1.807, 2.05) is 6.92 Å². The van der Waals surface area contributed by atoms with Crippen LogP contribution in [0.4, 0.5) is 0 Å². The van der Waals surface area contributed by atoms with Gasteiger partial charge in [-0.2, -0.15) is 0 Å². The predicted octanol–water partition coefficient (Wildman–Crippen LogP) is 2.48. The summed E-state index contributed by atoms with van der Waals surface area (Å²) in [4.78, 5) is 4.61. The zero-order chi connectivity index (χ0) is 11.5. The summed E-state index contributed by atoms with van der Waals surface area (Å²) in [5.41, 5.74) is 6.90. The number of nitrogens with zero attached hydrogens (tertiary/aromatic N) is 1. The minimum absolute atomic E-state index is 0.00219. The predicted molar refractivity (Wildman–Crippen MR) is 64.2 cm³/mol. The van der Waals surface area contributed by atoms with E-state index in [1.165, 1.54) is 0 Å². The highest BCUT2D eigenvalue weighted by molar-refractivity contribution is 7.09. The van der Waals surface area contributed by atoms with Gasteiger partial charge in [-0.3, -0.25) is 0 Å². The Morgan fingerprint density at radius 1 is 1.67 bits per heavy atom. The van der Waals surface area contributed by atoms with Crippen LogP contribution in [0.15, 0.2) is 5.38 Å². The second-order valence-electron chi connectivity index (χ2n) is 4.07. The highest BCUT2D eigenvalue weighted by Crippen LogP contribution is 2.30. The van der Waals surface area contributed by atoms with Crippen LogP contribution < -0.4 is 5.73 Å². The fourth-order valence-electron chi connectivity index (χ4n) is 1.28. The van der Waals surface area contributed by atoms with E-state index in [1.54, 1.807) is 18.4 Å². The third-order valence-corrected chi connectivity index (χ3v) is 4.08. The van der Waals surface area contributed by atoms with Gasteiger partial charge in [0.15, 0.2) is 0 Å². The normalized spacial score (nSPS) is 17.4. The average molecular weight is 228 g/mol.